The number of allylic oxidation sites excluding steroid dienone is 1. The van der Waals surface area contributed by atoms with Crippen LogP contribution in [0.4, 0.5) is 0 Å². The highest BCUT2D eigenvalue weighted by Gasteiger charge is 2.28. The van der Waals surface area contributed by atoms with Crippen LogP contribution in [0.15, 0.2) is 46.6 Å². The predicted octanol–water partition coefficient (Wildman–Crippen LogP) is 4.12. The largest absolute Gasteiger partial charge is 0.381 e. The van der Waals surface area contributed by atoms with Crippen LogP contribution in [0.5, 0.6) is 0 Å². The number of rotatable bonds is 7. The number of aromatic nitrogens is 3. The number of nitrogens with zero attached hydrogens (tertiary/aromatic N) is 3. The van der Waals surface area contributed by atoms with Crippen molar-refractivity contribution in [3.05, 3.63) is 59.4 Å². The topological polar surface area (TPSA) is 87.0 Å². The SMILES string of the molecule is CCN(C(=O)c1nc2ccccc2[nH]1)[C@@H]1C=C(NCc2cc(C3CC3)no2)CCC1. The maximum atomic E-state index is 13.2. The Morgan fingerprint density at radius 3 is 2.97 bits per heavy atom. The van der Waals surface area contributed by atoms with Gasteiger partial charge in [0.2, 0.25) is 0 Å². The van der Waals surface area contributed by atoms with Crippen LogP contribution in [0.3, 0.4) is 0 Å². The van der Waals surface area contributed by atoms with Gasteiger partial charge in [-0.2, -0.15) is 0 Å². The average molecular weight is 406 g/mol. The molecule has 7 nitrogen and oxygen atoms in total. The zero-order chi connectivity index (χ0) is 20.5. The molecule has 2 N–H and O–H groups in total. The monoisotopic (exact) mass is 405 g/mol. The molecular weight excluding hydrogens is 378 g/mol. The second-order valence-electron chi connectivity index (χ2n) is 8.19. The number of nitrogens with one attached hydrogen (secondary N) is 2. The molecule has 0 aliphatic heterocycles. The summed E-state index contributed by atoms with van der Waals surface area (Å²) < 4.78 is 5.46. The summed E-state index contributed by atoms with van der Waals surface area (Å²) in [7, 11) is 0. The summed E-state index contributed by atoms with van der Waals surface area (Å²) in [6, 6.07) is 9.85. The van der Waals surface area contributed by atoms with Crippen molar-refractivity contribution in [3.63, 3.8) is 0 Å². The number of carbonyl (C=O) groups is 1. The molecule has 1 saturated carbocycles. The van der Waals surface area contributed by atoms with Crippen LogP contribution in [-0.2, 0) is 6.54 Å². The lowest BCUT2D eigenvalue weighted by Gasteiger charge is -2.31. The number of carbonyl (C=O) groups excluding carboxylic acids is 1. The number of para-hydroxylation sites is 2. The van der Waals surface area contributed by atoms with Crippen LogP contribution >= 0.6 is 0 Å². The molecule has 3 aromatic rings. The number of hydrogen-bond donors (Lipinski definition) is 2. The number of hydrogen-bond acceptors (Lipinski definition) is 5. The van der Waals surface area contributed by atoms with Crippen LogP contribution < -0.4 is 5.32 Å². The maximum Gasteiger partial charge on any atom is 0.290 e. The highest BCUT2D eigenvalue weighted by Crippen LogP contribution is 2.39. The second-order valence-corrected chi connectivity index (χ2v) is 8.19. The molecule has 7 heteroatoms. The zero-order valence-electron chi connectivity index (χ0n) is 17.2. The number of fused-ring (bicyclic) bond motifs is 1. The van der Waals surface area contributed by atoms with Crippen molar-refractivity contribution < 1.29 is 9.32 Å². The third kappa shape index (κ3) is 3.84. The standard InChI is InChI=1S/C23H27N5O2/c1-2-28(23(29)22-25-19-8-3-4-9-20(19)26-22)17-7-5-6-16(12-17)24-14-18-13-21(27-30-18)15-10-11-15/h3-4,8-9,12-13,15,17,24H,2,5-7,10-11,14H2,1H3,(H,25,26)/t17-/m0/s1. The Kier molecular flexibility index (Phi) is 5.02. The lowest BCUT2D eigenvalue weighted by molar-refractivity contribution is 0.0700. The van der Waals surface area contributed by atoms with Gasteiger partial charge in [0, 0.05) is 24.2 Å². The molecule has 1 amide bonds. The number of likely N-dealkylation sites (N-methyl/N-ethyl adjacent to an activating group) is 1. The molecule has 0 unspecified atom stereocenters. The molecule has 2 aliphatic carbocycles. The van der Waals surface area contributed by atoms with Gasteiger partial charge in [-0.3, -0.25) is 4.79 Å². The molecular formula is C23H27N5O2. The van der Waals surface area contributed by atoms with E-state index in [0.717, 1.165) is 47.4 Å². The summed E-state index contributed by atoms with van der Waals surface area (Å²) >= 11 is 0. The van der Waals surface area contributed by atoms with Gasteiger partial charge in [0.25, 0.3) is 5.91 Å². The molecule has 0 spiro atoms. The summed E-state index contributed by atoms with van der Waals surface area (Å²) in [5, 5.41) is 7.66. The van der Waals surface area contributed by atoms with E-state index in [9.17, 15) is 4.79 Å². The van der Waals surface area contributed by atoms with Gasteiger partial charge in [0.05, 0.1) is 29.3 Å². The molecule has 0 saturated heterocycles. The molecule has 2 aliphatic rings. The fraction of sp³-hybridized carbons (Fsp3) is 0.435. The van der Waals surface area contributed by atoms with Crippen LogP contribution in [0, 0.1) is 0 Å². The van der Waals surface area contributed by atoms with E-state index in [1.165, 1.54) is 12.8 Å². The van der Waals surface area contributed by atoms with Crippen LogP contribution in [-0.4, -0.2) is 38.5 Å². The minimum atomic E-state index is -0.0551. The van der Waals surface area contributed by atoms with E-state index in [0.29, 0.717) is 24.8 Å². The summed E-state index contributed by atoms with van der Waals surface area (Å²) in [5.74, 6) is 1.81. The quantitative estimate of drug-likeness (QED) is 0.617. The van der Waals surface area contributed by atoms with Gasteiger partial charge in [-0.05, 0) is 57.2 Å². The summed E-state index contributed by atoms with van der Waals surface area (Å²) in [4.78, 5) is 22.7. The lowest BCUT2D eigenvalue weighted by Crippen LogP contribution is -2.41. The summed E-state index contributed by atoms with van der Waals surface area (Å²) in [6.45, 7) is 3.28. The Balaban J connectivity index is 1.27. The highest BCUT2D eigenvalue weighted by atomic mass is 16.5. The molecule has 156 valence electrons. The third-order valence-corrected chi connectivity index (χ3v) is 6.00. The molecule has 0 radical (unpaired) electrons. The van der Waals surface area contributed by atoms with E-state index < -0.39 is 0 Å². The van der Waals surface area contributed by atoms with Crippen LogP contribution in [0.1, 0.15) is 67.0 Å². The molecule has 1 fully saturated rings. The smallest absolute Gasteiger partial charge is 0.290 e. The molecule has 0 bridgehead atoms. The number of H-pyrrole nitrogens is 1. The normalized spacial score (nSPS) is 19.0. The molecule has 5 rings (SSSR count). The second kappa shape index (κ2) is 7.97. The zero-order valence-corrected chi connectivity index (χ0v) is 17.2. The van der Waals surface area contributed by atoms with Crippen LogP contribution in [0.25, 0.3) is 11.0 Å². The Labute approximate surface area is 175 Å². The van der Waals surface area contributed by atoms with E-state index in [4.69, 9.17) is 4.52 Å². The lowest BCUT2D eigenvalue weighted by atomic mass is 9.98. The van der Waals surface area contributed by atoms with Crippen molar-refractivity contribution in [2.75, 3.05) is 6.54 Å². The van der Waals surface area contributed by atoms with E-state index in [1.54, 1.807) is 0 Å². The molecule has 1 atom stereocenters. The van der Waals surface area contributed by atoms with Gasteiger partial charge in [-0.15, -0.1) is 0 Å². The van der Waals surface area contributed by atoms with Crippen molar-refractivity contribution in [1.82, 2.24) is 25.3 Å². The first-order chi connectivity index (χ1) is 14.7. The number of imidazole rings is 1. The summed E-state index contributed by atoms with van der Waals surface area (Å²) in [6.07, 6.45) is 7.61. The fourth-order valence-electron chi connectivity index (χ4n) is 4.20. The minimum absolute atomic E-state index is 0.0551. The van der Waals surface area contributed by atoms with Gasteiger partial charge in [-0.25, -0.2) is 4.98 Å². The van der Waals surface area contributed by atoms with E-state index in [1.807, 2.05) is 36.1 Å². The molecule has 1 aromatic carbocycles. The number of aromatic amines is 1. The maximum absolute atomic E-state index is 13.2. The Hall–Kier alpha value is -3.09. The Bertz CT molecular complexity index is 1050. The van der Waals surface area contributed by atoms with E-state index in [2.05, 4.69) is 32.6 Å². The van der Waals surface area contributed by atoms with Crippen molar-refractivity contribution >= 4 is 16.9 Å². The number of benzene rings is 1. The molecule has 30 heavy (non-hydrogen) atoms. The van der Waals surface area contributed by atoms with Crippen molar-refractivity contribution in [1.29, 1.82) is 0 Å². The first kappa shape index (κ1) is 18.9. The van der Waals surface area contributed by atoms with Crippen molar-refractivity contribution in [2.45, 2.75) is 57.5 Å². The third-order valence-electron chi connectivity index (χ3n) is 6.00. The van der Waals surface area contributed by atoms with Crippen molar-refractivity contribution in [2.24, 2.45) is 0 Å². The van der Waals surface area contributed by atoms with E-state index in [-0.39, 0.29) is 11.9 Å². The first-order valence-corrected chi connectivity index (χ1v) is 10.9. The van der Waals surface area contributed by atoms with Gasteiger partial charge < -0.3 is 19.7 Å². The van der Waals surface area contributed by atoms with Gasteiger partial charge >= 0.3 is 0 Å². The Morgan fingerprint density at radius 1 is 1.30 bits per heavy atom. The Morgan fingerprint density at radius 2 is 2.17 bits per heavy atom. The minimum Gasteiger partial charge on any atom is -0.381 e. The van der Waals surface area contributed by atoms with E-state index >= 15 is 0 Å². The average Bonchev–Trinajstić information content (AvgIpc) is 3.35. The van der Waals surface area contributed by atoms with Gasteiger partial charge in [-0.1, -0.05) is 17.3 Å². The summed E-state index contributed by atoms with van der Waals surface area (Å²) in [5.41, 5.74) is 3.94. The van der Waals surface area contributed by atoms with Gasteiger partial charge in [0.15, 0.2) is 11.6 Å². The fourth-order valence-corrected chi connectivity index (χ4v) is 4.20. The highest BCUT2D eigenvalue weighted by molar-refractivity contribution is 5.94. The van der Waals surface area contributed by atoms with Crippen molar-refractivity contribution in [3.8, 4) is 0 Å². The van der Waals surface area contributed by atoms with Gasteiger partial charge in [0.1, 0.15) is 0 Å². The predicted molar refractivity (Wildman–Crippen MR) is 114 cm³/mol. The first-order valence-electron chi connectivity index (χ1n) is 10.9. The number of amides is 1. The molecule has 2 heterocycles. The molecule has 2 aromatic heterocycles. The van der Waals surface area contributed by atoms with Crippen LogP contribution in [0.2, 0.25) is 0 Å².